The van der Waals surface area contributed by atoms with Crippen LogP contribution in [0.3, 0.4) is 0 Å². The molecule has 4 atom stereocenters. The first-order valence-corrected chi connectivity index (χ1v) is 7.46. The van der Waals surface area contributed by atoms with Crippen molar-refractivity contribution in [2.75, 3.05) is 5.32 Å². The van der Waals surface area contributed by atoms with Crippen molar-refractivity contribution in [3.63, 3.8) is 0 Å². The molecule has 2 N–H and O–H groups in total. The predicted octanol–water partition coefficient (Wildman–Crippen LogP) is 2.43. The number of amides is 1. The maximum atomic E-state index is 12.5. The van der Waals surface area contributed by atoms with Gasteiger partial charge >= 0.3 is 5.97 Å². The topological polar surface area (TPSA) is 92.4 Å². The van der Waals surface area contributed by atoms with Crippen LogP contribution in [-0.2, 0) is 15.0 Å². The molecule has 6 nitrogen and oxygen atoms in total. The van der Waals surface area contributed by atoms with E-state index in [1.165, 1.54) is 0 Å². The van der Waals surface area contributed by atoms with Crippen LogP contribution in [0, 0.1) is 23.7 Å². The van der Waals surface area contributed by atoms with Gasteiger partial charge in [-0.15, -0.1) is 0 Å². The molecule has 0 aliphatic heterocycles. The number of hydrogen-bond acceptors (Lipinski definition) is 4. The number of carboxylic acids is 1. The molecule has 1 saturated carbocycles. The molecule has 0 spiro atoms. The summed E-state index contributed by atoms with van der Waals surface area (Å²) < 4.78 is 5.23. The molecule has 1 aromatic rings. The number of hydrogen-bond donors (Lipinski definition) is 2. The Labute approximate surface area is 128 Å². The second-order valence-electron chi connectivity index (χ2n) is 7.15. The zero-order chi connectivity index (χ0) is 16.1. The molecule has 1 aromatic heterocycles. The Morgan fingerprint density at radius 1 is 1.27 bits per heavy atom. The van der Waals surface area contributed by atoms with E-state index in [1.807, 2.05) is 32.9 Å². The molecule has 2 bridgehead atoms. The SMILES string of the molecule is CC(C)(C)c1cc(NC(=O)[C@H]2[C@@H](C(=O)O)[C@H]3C=C[C@H]2C3)no1. The Morgan fingerprint density at radius 3 is 2.45 bits per heavy atom. The van der Waals surface area contributed by atoms with Crippen molar-refractivity contribution >= 4 is 17.7 Å². The molecule has 22 heavy (non-hydrogen) atoms. The van der Waals surface area contributed by atoms with Gasteiger partial charge in [0, 0.05) is 11.5 Å². The molecular formula is C16H20N2O4. The second kappa shape index (κ2) is 4.97. The predicted molar refractivity (Wildman–Crippen MR) is 79.2 cm³/mol. The second-order valence-corrected chi connectivity index (χ2v) is 7.15. The first-order valence-electron chi connectivity index (χ1n) is 7.46. The highest BCUT2D eigenvalue weighted by molar-refractivity contribution is 5.95. The number of allylic oxidation sites excluding steroid dienone is 2. The zero-order valence-corrected chi connectivity index (χ0v) is 12.9. The van der Waals surface area contributed by atoms with Crippen LogP contribution in [0.1, 0.15) is 33.0 Å². The van der Waals surface area contributed by atoms with Crippen LogP contribution in [0.2, 0.25) is 0 Å². The summed E-state index contributed by atoms with van der Waals surface area (Å²) in [5.41, 5.74) is -0.200. The molecule has 0 unspecified atom stereocenters. The fourth-order valence-electron chi connectivity index (χ4n) is 3.41. The van der Waals surface area contributed by atoms with Crippen molar-refractivity contribution in [2.45, 2.75) is 32.6 Å². The lowest BCUT2D eigenvalue weighted by Crippen LogP contribution is -2.36. The first-order chi connectivity index (χ1) is 10.3. The fourth-order valence-corrected chi connectivity index (χ4v) is 3.41. The minimum atomic E-state index is -0.910. The summed E-state index contributed by atoms with van der Waals surface area (Å²) in [6.07, 6.45) is 4.61. The third-order valence-corrected chi connectivity index (χ3v) is 4.55. The van der Waals surface area contributed by atoms with Crippen molar-refractivity contribution in [2.24, 2.45) is 23.7 Å². The summed E-state index contributed by atoms with van der Waals surface area (Å²) in [4.78, 5) is 23.9. The van der Waals surface area contributed by atoms with Gasteiger partial charge in [0.2, 0.25) is 5.91 Å². The molecule has 2 aliphatic rings. The molecule has 6 heteroatoms. The molecule has 0 saturated heterocycles. The Hall–Kier alpha value is -2.11. The zero-order valence-electron chi connectivity index (χ0n) is 12.9. The van der Waals surface area contributed by atoms with Gasteiger partial charge in [0.05, 0.1) is 11.8 Å². The number of carbonyl (C=O) groups is 2. The molecule has 0 radical (unpaired) electrons. The van der Waals surface area contributed by atoms with E-state index in [2.05, 4.69) is 10.5 Å². The van der Waals surface area contributed by atoms with E-state index in [1.54, 1.807) is 6.07 Å². The number of anilines is 1. The van der Waals surface area contributed by atoms with Crippen molar-refractivity contribution in [1.82, 2.24) is 5.16 Å². The Balaban J connectivity index is 1.76. The van der Waals surface area contributed by atoms with Crippen molar-refractivity contribution in [1.29, 1.82) is 0 Å². The van der Waals surface area contributed by atoms with Gasteiger partial charge < -0.3 is 14.9 Å². The van der Waals surface area contributed by atoms with Gasteiger partial charge in [-0.05, 0) is 18.3 Å². The van der Waals surface area contributed by atoms with E-state index >= 15 is 0 Å². The first kappa shape index (κ1) is 14.8. The number of nitrogens with zero attached hydrogens (tertiary/aromatic N) is 1. The van der Waals surface area contributed by atoms with Gasteiger partial charge in [0.25, 0.3) is 0 Å². The van der Waals surface area contributed by atoms with Crippen LogP contribution in [0.4, 0.5) is 5.82 Å². The molecule has 118 valence electrons. The lowest BCUT2D eigenvalue weighted by molar-refractivity contribution is -0.146. The average Bonchev–Trinajstić information content (AvgIpc) is 3.11. The normalized spacial score (nSPS) is 29.8. The summed E-state index contributed by atoms with van der Waals surface area (Å²) in [7, 11) is 0. The molecule has 2 aliphatic carbocycles. The van der Waals surface area contributed by atoms with Crippen LogP contribution >= 0.6 is 0 Å². The van der Waals surface area contributed by atoms with Gasteiger partial charge in [0.15, 0.2) is 5.82 Å². The van der Waals surface area contributed by atoms with E-state index in [-0.39, 0.29) is 23.2 Å². The Kier molecular flexibility index (Phi) is 3.34. The lowest BCUT2D eigenvalue weighted by atomic mass is 9.82. The third-order valence-electron chi connectivity index (χ3n) is 4.55. The number of carbonyl (C=O) groups excluding carboxylic acids is 1. The van der Waals surface area contributed by atoms with E-state index in [0.717, 1.165) is 6.42 Å². The minimum Gasteiger partial charge on any atom is -0.481 e. The highest BCUT2D eigenvalue weighted by atomic mass is 16.5. The summed E-state index contributed by atoms with van der Waals surface area (Å²) in [5.74, 6) is -1.42. The molecule has 1 fully saturated rings. The molecule has 3 rings (SSSR count). The number of aliphatic carboxylic acids is 1. The standard InChI is InChI=1S/C16H20N2O4/c1-16(2,3)10-7-11(18-22-10)17-14(19)12-8-4-5-9(6-8)13(12)15(20)21/h4-5,7-9,12-13H,6H2,1-3H3,(H,20,21)(H,17,18,19)/t8-,9-,12+,13-/m0/s1. The number of rotatable bonds is 3. The Morgan fingerprint density at radius 2 is 1.91 bits per heavy atom. The van der Waals surface area contributed by atoms with Crippen molar-refractivity contribution in [3.8, 4) is 0 Å². The van der Waals surface area contributed by atoms with E-state index < -0.39 is 17.8 Å². The largest absolute Gasteiger partial charge is 0.481 e. The average molecular weight is 304 g/mol. The lowest BCUT2D eigenvalue weighted by Gasteiger charge is -2.23. The minimum absolute atomic E-state index is 0.0000811. The van der Waals surface area contributed by atoms with Crippen molar-refractivity contribution < 1.29 is 19.2 Å². The van der Waals surface area contributed by atoms with E-state index in [9.17, 15) is 14.7 Å². The maximum Gasteiger partial charge on any atom is 0.307 e. The number of nitrogens with one attached hydrogen (secondary N) is 1. The van der Waals surface area contributed by atoms with E-state index in [4.69, 9.17) is 4.52 Å². The van der Waals surface area contributed by atoms with Gasteiger partial charge in [-0.1, -0.05) is 38.1 Å². The van der Waals surface area contributed by atoms with Gasteiger partial charge in [-0.25, -0.2) is 0 Å². The third kappa shape index (κ3) is 2.42. The molecular weight excluding hydrogens is 284 g/mol. The summed E-state index contributed by atoms with van der Waals surface area (Å²) >= 11 is 0. The monoisotopic (exact) mass is 304 g/mol. The van der Waals surface area contributed by atoms with Crippen LogP contribution in [-0.4, -0.2) is 22.1 Å². The van der Waals surface area contributed by atoms with Gasteiger partial charge in [0.1, 0.15) is 5.76 Å². The van der Waals surface area contributed by atoms with Crippen LogP contribution in [0.25, 0.3) is 0 Å². The van der Waals surface area contributed by atoms with Gasteiger partial charge in [-0.2, -0.15) is 0 Å². The number of carboxylic acid groups (broad SMARTS) is 1. The molecule has 1 heterocycles. The number of aromatic nitrogens is 1. The van der Waals surface area contributed by atoms with Crippen molar-refractivity contribution in [3.05, 3.63) is 24.0 Å². The highest BCUT2D eigenvalue weighted by Crippen LogP contribution is 2.48. The van der Waals surface area contributed by atoms with Crippen LogP contribution in [0.5, 0.6) is 0 Å². The Bertz CT molecular complexity index is 641. The van der Waals surface area contributed by atoms with Gasteiger partial charge in [-0.3, -0.25) is 9.59 Å². The summed E-state index contributed by atoms with van der Waals surface area (Å²) in [6, 6.07) is 1.69. The highest BCUT2D eigenvalue weighted by Gasteiger charge is 2.51. The number of fused-ring (bicyclic) bond motifs is 2. The van der Waals surface area contributed by atoms with Crippen LogP contribution < -0.4 is 5.32 Å². The molecule has 1 amide bonds. The summed E-state index contributed by atoms with van der Waals surface area (Å²) in [6.45, 7) is 5.96. The smallest absolute Gasteiger partial charge is 0.307 e. The quantitative estimate of drug-likeness (QED) is 0.837. The fraction of sp³-hybridized carbons (Fsp3) is 0.562. The maximum absolute atomic E-state index is 12.5. The van der Waals surface area contributed by atoms with E-state index in [0.29, 0.717) is 11.6 Å². The summed E-state index contributed by atoms with van der Waals surface area (Å²) in [5, 5.41) is 15.9. The molecule has 0 aromatic carbocycles. The van der Waals surface area contributed by atoms with Crippen LogP contribution in [0.15, 0.2) is 22.7 Å².